The van der Waals surface area contributed by atoms with Crippen LogP contribution in [0.15, 0.2) is 78.9 Å². The minimum absolute atomic E-state index is 0.167. The molecule has 0 radical (unpaired) electrons. The van der Waals surface area contributed by atoms with Crippen LogP contribution in [0.4, 0.5) is 5.69 Å². The largest absolute Gasteiger partial charge is 0.354 e. The van der Waals surface area contributed by atoms with Crippen molar-refractivity contribution in [1.82, 2.24) is 10.2 Å². The van der Waals surface area contributed by atoms with Crippen LogP contribution in [-0.2, 0) is 32.6 Å². The summed E-state index contributed by atoms with van der Waals surface area (Å²) < 4.78 is 26.9. The lowest BCUT2D eigenvalue weighted by Crippen LogP contribution is -2.53. The number of nitrogens with one attached hydrogen (secondary N) is 1. The van der Waals surface area contributed by atoms with Crippen LogP contribution in [0.1, 0.15) is 55.4 Å². The summed E-state index contributed by atoms with van der Waals surface area (Å²) in [6.07, 6.45) is 2.15. The first kappa shape index (κ1) is 30.9. The van der Waals surface area contributed by atoms with Crippen LogP contribution >= 0.6 is 0 Å². The molecule has 40 heavy (non-hydrogen) atoms. The maximum Gasteiger partial charge on any atom is 0.244 e. The molecular formula is C32H41N3O4S. The molecule has 0 bridgehead atoms. The summed E-state index contributed by atoms with van der Waals surface area (Å²) >= 11 is 0. The van der Waals surface area contributed by atoms with Gasteiger partial charge < -0.3 is 10.2 Å². The quantitative estimate of drug-likeness (QED) is 0.315. The van der Waals surface area contributed by atoms with Crippen LogP contribution in [0.5, 0.6) is 0 Å². The van der Waals surface area contributed by atoms with E-state index in [1.54, 1.807) is 12.1 Å². The summed E-state index contributed by atoms with van der Waals surface area (Å²) in [4.78, 5) is 29.1. The zero-order valence-corrected chi connectivity index (χ0v) is 24.9. The Morgan fingerprint density at radius 2 is 1.50 bits per heavy atom. The van der Waals surface area contributed by atoms with Crippen molar-refractivity contribution in [2.45, 2.75) is 59.0 Å². The molecule has 214 valence electrons. The van der Waals surface area contributed by atoms with E-state index in [0.717, 1.165) is 39.2 Å². The maximum atomic E-state index is 14.1. The molecule has 3 aromatic carbocycles. The summed E-state index contributed by atoms with van der Waals surface area (Å²) in [6, 6.07) is 23.7. The topological polar surface area (TPSA) is 86.8 Å². The van der Waals surface area contributed by atoms with Gasteiger partial charge in [-0.25, -0.2) is 8.42 Å². The Morgan fingerprint density at radius 3 is 2.05 bits per heavy atom. The Balaban J connectivity index is 2.02. The van der Waals surface area contributed by atoms with Gasteiger partial charge in [0.05, 0.1) is 11.9 Å². The van der Waals surface area contributed by atoms with Crippen LogP contribution in [-0.4, -0.2) is 50.5 Å². The van der Waals surface area contributed by atoms with Gasteiger partial charge in [0, 0.05) is 19.5 Å². The van der Waals surface area contributed by atoms with E-state index in [1.807, 2.05) is 80.6 Å². The van der Waals surface area contributed by atoms with Crippen molar-refractivity contribution >= 4 is 27.5 Å². The fourth-order valence-electron chi connectivity index (χ4n) is 4.45. The number of aryl methyl sites for hydroxylation is 1. The lowest BCUT2D eigenvalue weighted by Gasteiger charge is -2.33. The van der Waals surface area contributed by atoms with E-state index < -0.39 is 28.5 Å². The molecule has 0 aliphatic carbocycles. The Labute approximate surface area is 239 Å². The zero-order chi connectivity index (χ0) is 29.3. The molecule has 3 aromatic rings. The molecule has 0 saturated carbocycles. The third-order valence-electron chi connectivity index (χ3n) is 6.82. The molecule has 1 unspecified atom stereocenters. The van der Waals surface area contributed by atoms with Gasteiger partial charge in [-0.2, -0.15) is 0 Å². The van der Waals surface area contributed by atoms with E-state index in [1.165, 1.54) is 4.90 Å². The molecule has 0 aliphatic rings. The minimum Gasteiger partial charge on any atom is -0.354 e. The highest BCUT2D eigenvalue weighted by Gasteiger charge is 2.33. The zero-order valence-electron chi connectivity index (χ0n) is 24.1. The number of carbonyl (C=O) groups is 2. The number of hydrogen-bond acceptors (Lipinski definition) is 4. The Hall–Kier alpha value is -3.65. The maximum absolute atomic E-state index is 14.1. The second kappa shape index (κ2) is 14.1. The minimum atomic E-state index is -3.79. The van der Waals surface area contributed by atoms with E-state index in [0.29, 0.717) is 18.7 Å². The third kappa shape index (κ3) is 8.68. The Morgan fingerprint density at radius 1 is 0.875 bits per heavy atom. The number of amides is 2. The molecule has 0 aromatic heterocycles. The normalized spacial score (nSPS) is 12.2. The average Bonchev–Trinajstić information content (AvgIpc) is 2.93. The van der Waals surface area contributed by atoms with Gasteiger partial charge in [0.2, 0.25) is 21.8 Å². The fraction of sp³-hybridized carbons (Fsp3) is 0.375. The van der Waals surface area contributed by atoms with Crippen LogP contribution in [0.25, 0.3) is 0 Å². The van der Waals surface area contributed by atoms with Crippen LogP contribution < -0.4 is 9.62 Å². The molecule has 0 heterocycles. The van der Waals surface area contributed by atoms with E-state index >= 15 is 0 Å². The van der Waals surface area contributed by atoms with E-state index in [9.17, 15) is 18.0 Å². The standard InChI is InChI=1S/C32H41N3O4S/c1-6-20-33-32(37)30(21-26-10-8-7-9-11-26)34(22-27-14-12-25(4)13-15-27)31(36)23-35(40(5,38)39)29-18-16-28(17-19-29)24(2)3/h7-19,24,30H,6,20-23H2,1-5H3,(H,33,37). The van der Waals surface area contributed by atoms with Crippen molar-refractivity contribution in [3.63, 3.8) is 0 Å². The molecule has 2 amide bonds. The van der Waals surface area contributed by atoms with Crippen molar-refractivity contribution in [3.8, 4) is 0 Å². The molecule has 7 nitrogen and oxygen atoms in total. The predicted molar refractivity (Wildman–Crippen MR) is 162 cm³/mol. The summed E-state index contributed by atoms with van der Waals surface area (Å²) in [5.41, 5.74) is 4.32. The summed E-state index contributed by atoms with van der Waals surface area (Å²) in [6.45, 7) is 8.30. The number of anilines is 1. The fourth-order valence-corrected chi connectivity index (χ4v) is 5.30. The van der Waals surface area contributed by atoms with Gasteiger partial charge in [-0.05, 0) is 48.1 Å². The van der Waals surface area contributed by atoms with Gasteiger partial charge in [0.15, 0.2) is 0 Å². The molecule has 0 saturated heterocycles. The van der Waals surface area contributed by atoms with Gasteiger partial charge in [0.25, 0.3) is 0 Å². The van der Waals surface area contributed by atoms with Gasteiger partial charge in [0.1, 0.15) is 12.6 Å². The van der Waals surface area contributed by atoms with Gasteiger partial charge in [-0.1, -0.05) is 93.1 Å². The lowest BCUT2D eigenvalue weighted by atomic mass is 10.0. The second-order valence-corrected chi connectivity index (χ2v) is 12.4. The highest BCUT2D eigenvalue weighted by molar-refractivity contribution is 7.92. The Bertz CT molecular complexity index is 1360. The first-order valence-corrected chi connectivity index (χ1v) is 15.6. The molecule has 1 N–H and O–H groups in total. The van der Waals surface area contributed by atoms with Gasteiger partial charge >= 0.3 is 0 Å². The first-order valence-electron chi connectivity index (χ1n) is 13.7. The van der Waals surface area contributed by atoms with E-state index in [-0.39, 0.29) is 18.4 Å². The van der Waals surface area contributed by atoms with Crippen molar-refractivity contribution in [1.29, 1.82) is 0 Å². The van der Waals surface area contributed by atoms with Crippen LogP contribution in [0, 0.1) is 6.92 Å². The summed E-state index contributed by atoms with van der Waals surface area (Å²) in [5.74, 6) is -0.433. The number of carbonyl (C=O) groups excluding carboxylic acids is 2. The predicted octanol–water partition coefficient (Wildman–Crippen LogP) is 5.05. The van der Waals surface area contributed by atoms with E-state index in [4.69, 9.17) is 0 Å². The molecule has 8 heteroatoms. The van der Waals surface area contributed by atoms with Crippen molar-refractivity contribution in [2.75, 3.05) is 23.7 Å². The summed E-state index contributed by atoms with van der Waals surface area (Å²) in [5, 5.41) is 2.95. The SMILES string of the molecule is CCCNC(=O)C(Cc1ccccc1)N(Cc1ccc(C)cc1)C(=O)CN(c1ccc(C(C)C)cc1)S(C)(=O)=O. The molecule has 0 aliphatic heterocycles. The number of sulfonamides is 1. The molecule has 0 spiro atoms. The van der Waals surface area contributed by atoms with E-state index in [2.05, 4.69) is 19.2 Å². The number of benzene rings is 3. The molecular weight excluding hydrogens is 522 g/mol. The van der Waals surface area contributed by atoms with Crippen LogP contribution in [0.2, 0.25) is 0 Å². The second-order valence-electron chi connectivity index (χ2n) is 10.5. The van der Waals surface area contributed by atoms with Crippen molar-refractivity contribution in [2.24, 2.45) is 0 Å². The van der Waals surface area contributed by atoms with Gasteiger partial charge in [-0.3, -0.25) is 13.9 Å². The van der Waals surface area contributed by atoms with Crippen molar-refractivity contribution in [3.05, 3.63) is 101 Å². The molecule has 0 fully saturated rings. The summed E-state index contributed by atoms with van der Waals surface area (Å²) in [7, 11) is -3.79. The number of nitrogens with zero attached hydrogens (tertiary/aromatic N) is 2. The molecule has 1 atom stereocenters. The highest BCUT2D eigenvalue weighted by Crippen LogP contribution is 2.23. The first-order chi connectivity index (χ1) is 19.0. The highest BCUT2D eigenvalue weighted by atomic mass is 32.2. The van der Waals surface area contributed by atoms with Crippen LogP contribution in [0.3, 0.4) is 0 Å². The lowest BCUT2D eigenvalue weighted by molar-refractivity contribution is -0.140. The molecule has 3 rings (SSSR count). The smallest absolute Gasteiger partial charge is 0.244 e. The van der Waals surface area contributed by atoms with Gasteiger partial charge in [-0.15, -0.1) is 0 Å². The van der Waals surface area contributed by atoms with Crippen molar-refractivity contribution < 1.29 is 18.0 Å². The average molecular weight is 564 g/mol. The number of rotatable bonds is 13. The third-order valence-corrected chi connectivity index (χ3v) is 7.96. The number of hydrogen-bond donors (Lipinski definition) is 1. The monoisotopic (exact) mass is 563 g/mol. The Kier molecular flexibility index (Phi) is 10.9.